The molecular weight excluding hydrogens is 719 g/mol. The molecule has 55 heavy (non-hydrogen) atoms. The third-order valence-electron chi connectivity index (χ3n) is 12.0. The zero-order chi connectivity index (χ0) is 40.2. The lowest BCUT2D eigenvalue weighted by Gasteiger charge is -2.61. The number of esters is 1. The SMILES string of the molecule is CCCCCCCCCCCCCCCCCC(=O)C[C@@H](CC(=O)O)C(=O)OC1=CC[C@@]2(O)[C@H]3Cc4ccc(O)c5c4[C@@]2(CCN3C)[C@H]1O5.O=CC(F)(F)F. The first-order chi connectivity index (χ1) is 26.2. The van der Waals surface area contributed by atoms with Crippen LogP contribution in [0.4, 0.5) is 13.2 Å². The Kier molecular flexibility index (Phi) is 16.2. The maximum atomic E-state index is 13.5. The number of aliphatic hydroxyl groups is 1. The summed E-state index contributed by atoms with van der Waals surface area (Å²) in [4.78, 5) is 49.1. The number of hydrogen-bond acceptors (Lipinski definition) is 9. The van der Waals surface area contributed by atoms with E-state index in [1.165, 1.54) is 70.6 Å². The monoisotopic (exact) mass is 779 g/mol. The topological polar surface area (TPSA) is 151 Å². The number of likely N-dealkylation sites (tertiary alicyclic amines) is 1. The summed E-state index contributed by atoms with van der Waals surface area (Å²) in [5.41, 5.74) is -0.331. The summed E-state index contributed by atoms with van der Waals surface area (Å²) in [6.45, 7) is 2.95. The third-order valence-corrected chi connectivity index (χ3v) is 12.0. The number of nitrogens with zero attached hydrogens (tertiary/aromatic N) is 1. The summed E-state index contributed by atoms with van der Waals surface area (Å²) in [6.07, 6.45) is 14.6. The van der Waals surface area contributed by atoms with Crippen molar-refractivity contribution < 1.29 is 57.1 Å². The lowest BCUT2D eigenvalue weighted by Crippen LogP contribution is -2.74. The number of rotatable bonds is 22. The zero-order valence-electron chi connectivity index (χ0n) is 32.5. The number of carbonyl (C=O) groups excluding carboxylic acids is 3. The average molecular weight is 780 g/mol. The van der Waals surface area contributed by atoms with Gasteiger partial charge in [-0.15, -0.1) is 0 Å². The number of hydrogen-bond donors (Lipinski definition) is 3. The number of ketones is 1. The normalized spacial score (nSPS) is 24.1. The van der Waals surface area contributed by atoms with E-state index >= 15 is 0 Å². The van der Waals surface area contributed by atoms with Crippen LogP contribution in [-0.2, 0) is 35.8 Å². The molecular formula is C42H60F3NO9. The lowest BCUT2D eigenvalue weighted by atomic mass is 9.50. The van der Waals surface area contributed by atoms with Crippen LogP contribution in [0.15, 0.2) is 24.0 Å². The number of halogens is 3. The van der Waals surface area contributed by atoms with Crippen molar-refractivity contribution in [3.63, 3.8) is 0 Å². The predicted molar refractivity (Wildman–Crippen MR) is 200 cm³/mol. The van der Waals surface area contributed by atoms with E-state index in [4.69, 9.17) is 14.3 Å². The number of unbranched alkanes of at least 4 members (excludes halogenated alkanes) is 14. The summed E-state index contributed by atoms with van der Waals surface area (Å²) in [6, 6.07) is 3.30. The fourth-order valence-corrected chi connectivity index (χ4v) is 9.16. The van der Waals surface area contributed by atoms with Crippen molar-refractivity contribution in [2.75, 3.05) is 13.6 Å². The Morgan fingerprint density at radius 3 is 2.07 bits per heavy atom. The van der Waals surface area contributed by atoms with Crippen LogP contribution in [0.2, 0.25) is 0 Å². The number of alkyl halides is 3. The number of carboxylic acid groups (broad SMARTS) is 1. The number of Topliss-reactive ketones (excluding diaryl/α,β-unsaturated/α-hetero) is 1. The maximum absolute atomic E-state index is 13.5. The molecule has 5 atom stereocenters. The Hall–Kier alpha value is -3.45. The van der Waals surface area contributed by atoms with Crippen LogP contribution < -0.4 is 4.74 Å². The van der Waals surface area contributed by atoms with Crippen molar-refractivity contribution in [1.82, 2.24) is 4.90 Å². The standard InChI is InChI=1S/C40H59NO8.C2HF3O/c1-3-4-5-6-7-8-9-10-11-12-13-14-15-16-17-18-30(42)25-29(27-34(44)45)38(46)48-32-21-22-40(47)33-26-28-19-20-31(43)36-35(28)39(40,37(32)49-36)23-24-41(33)2;3-2(4,5)1-6/h19-21,29,33,37,43,47H,3-18,22-27H2,1-2H3,(H,44,45);1H/t29-,33+,37-,39-,40+;/m0./s1. The van der Waals surface area contributed by atoms with Gasteiger partial charge < -0.3 is 29.7 Å². The Balaban J connectivity index is 0.00000104. The van der Waals surface area contributed by atoms with Gasteiger partial charge in [-0.2, -0.15) is 13.2 Å². The van der Waals surface area contributed by atoms with Crippen LogP contribution >= 0.6 is 0 Å². The molecule has 308 valence electrons. The summed E-state index contributed by atoms with van der Waals surface area (Å²) in [5.74, 6) is -2.69. The number of phenolic OH excluding ortho intramolecular Hbond substituents is 1. The van der Waals surface area contributed by atoms with Gasteiger partial charge in [0.25, 0.3) is 0 Å². The second-order valence-corrected chi connectivity index (χ2v) is 15.9. The molecule has 0 radical (unpaired) electrons. The first-order valence-corrected chi connectivity index (χ1v) is 20.3. The van der Waals surface area contributed by atoms with Gasteiger partial charge >= 0.3 is 18.1 Å². The Bertz CT molecular complexity index is 1510. The van der Waals surface area contributed by atoms with E-state index in [1.807, 2.05) is 13.1 Å². The molecule has 10 nitrogen and oxygen atoms in total. The Morgan fingerprint density at radius 2 is 1.53 bits per heavy atom. The van der Waals surface area contributed by atoms with Gasteiger partial charge in [-0.25, -0.2) is 0 Å². The smallest absolute Gasteiger partial charge is 0.446 e. The lowest BCUT2D eigenvalue weighted by molar-refractivity contribution is -0.171. The van der Waals surface area contributed by atoms with Crippen LogP contribution in [0.25, 0.3) is 0 Å². The van der Waals surface area contributed by atoms with Crippen molar-refractivity contribution in [3.8, 4) is 11.5 Å². The van der Waals surface area contributed by atoms with Crippen LogP contribution in [0, 0.1) is 5.92 Å². The minimum absolute atomic E-state index is 0.0268. The molecule has 1 fully saturated rings. The first-order valence-electron chi connectivity index (χ1n) is 20.3. The van der Waals surface area contributed by atoms with Gasteiger partial charge in [-0.3, -0.25) is 19.2 Å². The molecule has 0 amide bonds. The summed E-state index contributed by atoms with van der Waals surface area (Å²) < 4.78 is 43.5. The average Bonchev–Trinajstić information content (AvgIpc) is 3.50. The van der Waals surface area contributed by atoms with E-state index in [0.29, 0.717) is 31.6 Å². The highest BCUT2D eigenvalue weighted by Crippen LogP contribution is 2.65. The van der Waals surface area contributed by atoms with E-state index < -0.39 is 53.9 Å². The van der Waals surface area contributed by atoms with Crippen molar-refractivity contribution >= 4 is 24.0 Å². The number of phenols is 1. The minimum atomic E-state index is -4.64. The van der Waals surface area contributed by atoms with E-state index in [2.05, 4.69) is 11.8 Å². The molecule has 0 saturated carbocycles. The van der Waals surface area contributed by atoms with Gasteiger partial charge in [0, 0.05) is 30.9 Å². The first kappa shape index (κ1) is 44.3. The number of likely N-dealkylation sites (N-methyl/N-ethyl adjacent to an activating group) is 1. The number of piperidine rings is 1. The van der Waals surface area contributed by atoms with Crippen molar-refractivity contribution in [2.24, 2.45) is 5.92 Å². The van der Waals surface area contributed by atoms with Crippen LogP contribution in [0.5, 0.6) is 11.5 Å². The number of carboxylic acids is 1. The van der Waals surface area contributed by atoms with Crippen LogP contribution in [-0.4, -0.2) is 81.7 Å². The molecule has 0 aromatic heterocycles. The number of aldehydes is 1. The highest BCUT2D eigenvalue weighted by molar-refractivity contribution is 5.87. The van der Waals surface area contributed by atoms with Gasteiger partial charge in [0.1, 0.15) is 11.5 Å². The predicted octanol–water partition coefficient (Wildman–Crippen LogP) is 8.27. The molecule has 2 aliphatic carbocycles. The maximum Gasteiger partial charge on any atom is 0.446 e. The molecule has 2 bridgehead atoms. The molecule has 4 aliphatic rings. The van der Waals surface area contributed by atoms with E-state index in [1.54, 1.807) is 12.1 Å². The molecule has 1 aromatic rings. The fraction of sp³-hybridized carbons (Fsp3) is 0.714. The van der Waals surface area contributed by atoms with Crippen LogP contribution in [0.3, 0.4) is 0 Å². The third kappa shape index (κ3) is 10.9. The number of aliphatic carboxylic acids is 1. The summed E-state index contributed by atoms with van der Waals surface area (Å²) in [7, 11) is 2.00. The number of ether oxygens (including phenoxy) is 2. The van der Waals surface area contributed by atoms with Crippen molar-refractivity contribution in [2.45, 2.75) is 171 Å². The Morgan fingerprint density at radius 1 is 0.964 bits per heavy atom. The quantitative estimate of drug-likeness (QED) is 0.0596. The summed E-state index contributed by atoms with van der Waals surface area (Å²) >= 11 is 0. The highest BCUT2D eigenvalue weighted by Gasteiger charge is 2.72. The molecule has 1 saturated heterocycles. The molecule has 3 N–H and O–H groups in total. The van der Waals surface area contributed by atoms with E-state index in [-0.39, 0.29) is 36.2 Å². The van der Waals surface area contributed by atoms with Gasteiger partial charge in [0.05, 0.1) is 23.4 Å². The highest BCUT2D eigenvalue weighted by atomic mass is 19.4. The van der Waals surface area contributed by atoms with Gasteiger partial charge in [-0.05, 0) is 50.6 Å². The molecule has 2 heterocycles. The summed E-state index contributed by atoms with van der Waals surface area (Å²) in [5, 5.41) is 32.6. The molecule has 2 aliphatic heterocycles. The second-order valence-electron chi connectivity index (χ2n) is 15.9. The molecule has 0 unspecified atom stereocenters. The van der Waals surface area contributed by atoms with Gasteiger partial charge in [-0.1, -0.05) is 103 Å². The van der Waals surface area contributed by atoms with Crippen LogP contribution in [0.1, 0.15) is 146 Å². The van der Waals surface area contributed by atoms with Gasteiger partial charge in [0.15, 0.2) is 17.6 Å². The zero-order valence-corrected chi connectivity index (χ0v) is 32.5. The largest absolute Gasteiger partial charge is 0.504 e. The Labute approximate surface area is 322 Å². The van der Waals surface area contributed by atoms with Crippen molar-refractivity contribution in [1.29, 1.82) is 0 Å². The fourth-order valence-electron chi connectivity index (χ4n) is 9.16. The number of carbonyl (C=O) groups is 4. The number of aromatic hydroxyl groups is 1. The second kappa shape index (κ2) is 20.1. The molecule has 13 heteroatoms. The van der Waals surface area contributed by atoms with E-state index in [0.717, 1.165) is 36.8 Å². The molecule has 1 spiro atoms. The van der Waals surface area contributed by atoms with E-state index in [9.17, 15) is 42.9 Å². The molecule has 5 rings (SSSR count). The van der Waals surface area contributed by atoms with Gasteiger partial charge in [0.2, 0.25) is 6.29 Å². The van der Waals surface area contributed by atoms with Crippen molar-refractivity contribution in [3.05, 3.63) is 35.1 Å². The number of benzene rings is 1. The minimum Gasteiger partial charge on any atom is -0.504 e. The molecule has 1 aromatic carbocycles.